The molecule has 1 aromatic heterocycles. The summed E-state index contributed by atoms with van der Waals surface area (Å²) in [6.45, 7) is 2.93. The van der Waals surface area contributed by atoms with Crippen molar-refractivity contribution in [3.63, 3.8) is 0 Å². The van der Waals surface area contributed by atoms with Gasteiger partial charge in [-0.15, -0.1) is 15.0 Å². The van der Waals surface area contributed by atoms with Gasteiger partial charge in [0.1, 0.15) is 5.75 Å². The lowest BCUT2D eigenvalue weighted by molar-refractivity contribution is 0.255. The average molecular weight is 522 g/mol. The Morgan fingerprint density at radius 1 is 0.795 bits per heavy atom. The number of fused-ring (bicyclic) bond motifs is 2. The number of benzene rings is 4. The molecular formula is C31H31N5O3. The minimum atomic E-state index is 0.535. The van der Waals surface area contributed by atoms with E-state index in [-0.39, 0.29) is 0 Å². The van der Waals surface area contributed by atoms with Crippen LogP contribution in [0.4, 0.5) is 0 Å². The molecule has 0 spiro atoms. The highest BCUT2D eigenvalue weighted by atomic mass is 16.5. The lowest BCUT2D eigenvalue weighted by Crippen LogP contribution is -2.32. The van der Waals surface area contributed by atoms with Gasteiger partial charge in [0, 0.05) is 19.6 Å². The number of aromatic nitrogens is 4. The van der Waals surface area contributed by atoms with E-state index in [4.69, 9.17) is 19.3 Å². The number of tetrazole rings is 1. The third kappa shape index (κ3) is 4.91. The van der Waals surface area contributed by atoms with E-state index in [1.807, 2.05) is 36.4 Å². The molecule has 1 aliphatic heterocycles. The maximum Gasteiger partial charge on any atom is 0.209 e. The lowest BCUT2D eigenvalue weighted by atomic mass is 9.98. The zero-order chi connectivity index (χ0) is 26.8. The molecule has 0 aliphatic carbocycles. The third-order valence-electron chi connectivity index (χ3n) is 7.43. The van der Waals surface area contributed by atoms with Gasteiger partial charge in [0.2, 0.25) is 5.82 Å². The van der Waals surface area contributed by atoms with Gasteiger partial charge < -0.3 is 14.2 Å². The largest absolute Gasteiger partial charge is 0.496 e. The van der Waals surface area contributed by atoms with Gasteiger partial charge in [-0.25, -0.2) is 0 Å². The maximum atomic E-state index is 5.62. The molecule has 0 N–H and O–H groups in total. The second kappa shape index (κ2) is 10.7. The van der Waals surface area contributed by atoms with Gasteiger partial charge in [-0.3, -0.25) is 4.90 Å². The summed E-state index contributed by atoms with van der Waals surface area (Å²) >= 11 is 0. The highest BCUT2D eigenvalue weighted by Gasteiger charge is 2.20. The summed E-state index contributed by atoms with van der Waals surface area (Å²) in [6, 6.07) is 24.7. The molecule has 0 radical (unpaired) electrons. The van der Waals surface area contributed by atoms with Crippen molar-refractivity contribution < 1.29 is 14.2 Å². The van der Waals surface area contributed by atoms with Crippen LogP contribution in [-0.4, -0.2) is 59.5 Å². The predicted octanol–water partition coefficient (Wildman–Crippen LogP) is 5.11. The van der Waals surface area contributed by atoms with Crippen LogP contribution in [0.1, 0.15) is 16.7 Å². The molecule has 0 saturated heterocycles. The Bertz CT molecular complexity index is 1610. The summed E-state index contributed by atoms with van der Waals surface area (Å²) in [4.78, 5) is 4.06. The van der Waals surface area contributed by atoms with E-state index in [2.05, 4.69) is 51.6 Å². The van der Waals surface area contributed by atoms with Gasteiger partial charge in [0.25, 0.3) is 0 Å². The van der Waals surface area contributed by atoms with Crippen LogP contribution in [0.3, 0.4) is 0 Å². The van der Waals surface area contributed by atoms with Crippen molar-refractivity contribution in [2.24, 2.45) is 0 Å². The molecule has 0 bridgehead atoms. The zero-order valence-electron chi connectivity index (χ0n) is 22.4. The van der Waals surface area contributed by atoms with Crippen molar-refractivity contribution in [3.05, 3.63) is 89.5 Å². The number of nitrogens with zero attached hydrogens (tertiary/aromatic N) is 5. The Kier molecular flexibility index (Phi) is 6.85. The Hall–Kier alpha value is -4.43. The Morgan fingerprint density at radius 3 is 2.31 bits per heavy atom. The van der Waals surface area contributed by atoms with E-state index < -0.39 is 0 Å². The Morgan fingerprint density at radius 2 is 1.54 bits per heavy atom. The lowest BCUT2D eigenvalue weighted by Gasteiger charge is -2.29. The molecule has 1 aliphatic rings. The molecule has 198 valence electrons. The molecule has 2 heterocycles. The van der Waals surface area contributed by atoms with Crippen molar-refractivity contribution in [2.45, 2.75) is 19.4 Å². The van der Waals surface area contributed by atoms with Gasteiger partial charge in [0.15, 0.2) is 11.5 Å². The van der Waals surface area contributed by atoms with E-state index in [9.17, 15) is 0 Å². The van der Waals surface area contributed by atoms with Gasteiger partial charge in [-0.1, -0.05) is 42.5 Å². The molecule has 0 saturated carbocycles. The summed E-state index contributed by atoms with van der Waals surface area (Å²) in [6.07, 6.45) is 1.97. The molecule has 0 unspecified atom stereocenters. The van der Waals surface area contributed by atoms with E-state index in [0.717, 1.165) is 71.7 Å². The molecule has 0 atom stereocenters. The first-order valence-corrected chi connectivity index (χ1v) is 13.1. The first kappa shape index (κ1) is 24.9. The molecule has 8 heteroatoms. The smallest absolute Gasteiger partial charge is 0.209 e. The van der Waals surface area contributed by atoms with Crippen LogP contribution >= 0.6 is 0 Å². The van der Waals surface area contributed by atoms with Gasteiger partial charge >= 0.3 is 0 Å². The molecule has 8 nitrogen and oxygen atoms in total. The summed E-state index contributed by atoms with van der Waals surface area (Å²) in [5, 5.41) is 15.5. The molecule has 0 amide bonds. The second-order valence-corrected chi connectivity index (χ2v) is 9.68. The zero-order valence-corrected chi connectivity index (χ0v) is 22.4. The molecular weight excluding hydrogens is 490 g/mol. The molecule has 0 fully saturated rings. The third-order valence-corrected chi connectivity index (χ3v) is 7.43. The summed E-state index contributed by atoms with van der Waals surface area (Å²) in [5.41, 5.74) is 5.63. The first-order chi connectivity index (χ1) is 19.2. The van der Waals surface area contributed by atoms with Crippen molar-refractivity contribution in [2.75, 3.05) is 34.4 Å². The highest BCUT2D eigenvalue weighted by molar-refractivity contribution is 5.98. The summed E-state index contributed by atoms with van der Waals surface area (Å²) < 4.78 is 16.6. The quantitative estimate of drug-likeness (QED) is 0.281. The fourth-order valence-electron chi connectivity index (χ4n) is 5.29. The predicted molar refractivity (Wildman–Crippen MR) is 151 cm³/mol. The summed E-state index contributed by atoms with van der Waals surface area (Å²) in [5.74, 6) is 2.85. The number of hydrogen-bond acceptors (Lipinski definition) is 7. The van der Waals surface area contributed by atoms with E-state index in [0.29, 0.717) is 5.82 Å². The standard InChI is InChI=1S/C31H31N5O3/c1-37-27-13-10-22-6-4-5-7-26(22)30(27)31-32-34-36(33-31)25-11-8-21(9-12-25)14-16-35-17-15-23-18-28(38-2)29(39-3)19-24(23)20-35/h4-13,18-19H,14-17,20H2,1-3H3. The Balaban J connectivity index is 1.14. The van der Waals surface area contributed by atoms with Crippen LogP contribution in [0, 0.1) is 0 Å². The maximum absolute atomic E-state index is 5.62. The molecule has 5 aromatic rings. The van der Waals surface area contributed by atoms with E-state index >= 15 is 0 Å². The minimum absolute atomic E-state index is 0.535. The molecule has 4 aromatic carbocycles. The number of methoxy groups -OCH3 is 3. The molecule has 6 rings (SSSR count). The van der Waals surface area contributed by atoms with Gasteiger partial charge in [-0.2, -0.15) is 0 Å². The van der Waals surface area contributed by atoms with Crippen LogP contribution in [0.2, 0.25) is 0 Å². The van der Waals surface area contributed by atoms with E-state index in [1.165, 1.54) is 16.7 Å². The van der Waals surface area contributed by atoms with Gasteiger partial charge in [0.05, 0.1) is 32.6 Å². The van der Waals surface area contributed by atoms with Crippen molar-refractivity contribution in [3.8, 4) is 34.3 Å². The van der Waals surface area contributed by atoms with Gasteiger partial charge in [-0.05, 0) is 75.8 Å². The van der Waals surface area contributed by atoms with Crippen molar-refractivity contribution >= 4 is 10.8 Å². The Labute approximate surface area is 227 Å². The minimum Gasteiger partial charge on any atom is -0.496 e. The van der Waals surface area contributed by atoms with Crippen LogP contribution in [0.15, 0.2) is 72.8 Å². The average Bonchev–Trinajstić information content (AvgIpc) is 3.48. The van der Waals surface area contributed by atoms with Crippen LogP contribution in [0.25, 0.3) is 27.8 Å². The van der Waals surface area contributed by atoms with Crippen LogP contribution in [-0.2, 0) is 19.4 Å². The van der Waals surface area contributed by atoms with Crippen LogP contribution < -0.4 is 14.2 Å². The highest BCUT2D eigenvalue weighted by Crippen LogP contribution is 2.35. The fraction of sp³-hybridized carbons (Fsp3) is 0.258. The first-order valence-electron chi connectivity index (χ1n) is 13.1. The van der Waals surface area contributed by atoms with Crippen molar-refractivity contribution in [1.29, 1.82) is 0 Å². The fourth-order valence-corrected chi connectivity index (χ4v) is 5.29. The molecule has 39 heavy (non-hydrogen) atoms. The SMILES string of the molecule is COc1cc2c(cc1OC)CN(CCc1ccc(-n3nnc(-c4c(OC)ccc5ccccc45)n3)cc1)CC2. The normalized spacial score (nSPS) is 13.3. The van der Waals surface area contributed by atoms with Crippen LogP contribution in [0.5, 0.6) is 17.2 Å². The number of hydrogen-bond donors (Lipinski definition) is 0. The monoisotopic (exact) mass is 521 g/mol. The number of ether oxygens (including phenoxy) is 3. The van der Waals surface area contributed by atoms with E-state index in [1.54, 1.807) is 26.1 Å². The number of rotatable bonds is 8. The second-order valence-electron chi connectivity index (χ2n) is 9.68. The summed E-state index contributed by atoms with van der Waals surface area (Å²) in [7, 11) is 5.03. The topological polar surface area (TPSA) is 74.5 Å². The van der Waals surface area contributed by atoms with Crippen molar-refractivity contribution in [1.82, 2.24) is 25.1 Å².